The summed E-state index contributed by atoms with van der Waals surface area (Å²) >= 11 is 4.49. The van der Waals surface area contributed by atoms with E-state index in [0.717, 1.165) is 17.2 Å². The van der Waals surface area contributed by atoms with Gasteiger partial charge >= 0.3 is 0 Å². The molecule has 0 heterocycles. The number of thiol groups is 1. The van der Waals surface area contributed by atoms with Crippen molar-refractivity contribution in [2.75, 3.05) is 6.67 Å². The van der Waals surface area contributed by atoms with Crippen LogP contribution in [-0.4, -0.2) is 6.67 Å². The zero-order chi connectivity index (χ0) is 25.9. The van der Waals surface area contributed by atoms with Gasteiger partial charge in [0.05, 0.1) is 6.67 Å². The standard InChI is InChI=1S/C19H20S.C7H16.C4H8F.C2H4.Es/c1-13-6-8-15(9-7-13)19-14(2)4-3-5-16-12-17(20)10-11-18(16)19;1-4-6-7(3)5-2;1-2-3-4-5;1-2;/h6-12,20H,3-5H2,1-2H3;7H,4-6H2,1-3H3;2H,3-4H2,1H3;1-2H2;/q;;-1;;. The van der Waals surface area contributed by atoms with Crippen LogP contribution in [0.15, 0.2) is 66.1 Å². The second-order valence-electron chi connectivity index (χ2n) is 8.90. The van der Waals surface area contributed by atoms with E-state index in [1.165, 1.54) is 65.5 Å². The van der Waals surface area contributed by atoms with E-state index in [9.17, 15) is 4.39 Å². The molecule has 2 aromatic rings. The Morgan fingerprint density at radius 2 is 1.66 bits per heavy atom. The van der Waals surface area contributed by atoms with Crippen molar-refractivity contribution in [3.05, 3.63) is 89.9 Å². The van der Waals surface area contributed by atoms with Crippen molar-refractivity contribution in [2.24, 2.45) is 5.92 Å². The van der Waals surface area contributed by atoms with E-state index < -0.39 is 0 Å². The van der Waals surface area contributed by atoms with E-state index >= 15 is 0 Å². The Kier molecular flexibility index (Phi) is 20.2. The van der Waals surface area contributed by atoms with Gasteiger partial charge in [-0.1, -0.05) is 81.5 Å². The van der Waals surface area contributed by atoms with Gasteiger partial charge in [-0.15, -0.1) is 25.8 Å². The number of hydrogen-bond donors (Lipinski definition) is 1. The summed E-state index contributed by atoms with van der Waals surface area (Å²) in [5.74, 6) is 0.949. The zero-order valence-corrected chi connectivity index (χ0v) is 26.3. The van der Waals surface area contributed by atoms with Gasteiger partial charge in [0.15, 0.2) is 0 Å². The van der Waals surface area contributed by atoms with Gasteiger partial charge < -0.3 is 6.42 Å². The number of aryl methyl sites for hydroxylation is 2. The predicted octanol–water partition coefficient (Wildman–Crippen LogP) is 10.6. The van der Waals surface area contributed by atoms with Crippen molar-refractivity contribution in [3.8, 4) is 0 Å². The van der Waals surface area contributed by atoms with Crippen LogP contribution in [-0.2, 0) is 6.42 Å². The van der Waals surface area contributed by atoms with Crippen LogP contribution in [0.1, 0.15) is 95.4 Å². The number of alkyl halides is 1. The van der Waals surface area contributed by atoms with Gasteiger partial charge in [0, 0.05) is 4.90 Å². The summed E-state index contributed by atoms with van der Waals surface area (Å²) in [6, 6.07) is 15.5. The third-order valence-electron chi connectivity index (χ3n) is 6.00. The largest absolute Gasteiger partial charge is 0.329 e. The maximum atomic E-state index is 11.0. The minimum absolute atomic E-state index is 0. The van der Waals surface area contributed by atoms with Crippen LogP contribution >= 0.6 is 12.6 Å². The first-order valence-electron chi connectivity index (χ1n) is 12.8. The van der Waals surface area contributed by atoms with Crippen molar-refractivity contribution in [3.63, 3.8) is 0 Å². The average molecular weight is 736 g/mol. The molecule has 0 saturated heterocycles. The molecule has 0 N–H and O–H groups in total. The van der Waals surface area contributed by atoms with Crippen LogP contribution in [0, 0.1) is 19.3 Å². The molecular weight excluding hydrogens is 687 g/mol. The normalized spacial score (nSPS) is 12.7. The third kappa shape index (κ3) is 13.0. The smallest absolute Gasteiger partial charge is 0.0626 e. The Morgan fingerprint density at radius 1 is 1.03 bits per heavy atom. The molecule has 1 aliphatic rings. The van der Waals surface area contributed by atoms with Crippen LogP contribution in [0.3, 0.4) is 0 Å². The number of hydrogen-bond acceptors (Lipinski definition) is 1. The van der Waals surface area contributed by atoms with E-state index in [2.05, 4.69) is 103 Å². The van der Waals surface area contributed by atoms with Crippen molar-refractivity contribution in [1.29, 1.82) is 0 Å². The van der Waals surface area contributed by atoms with E-state index in [0.29, 0.717) is 6.42 Å². The fraction of sp³-hybridized carbons (Fsp3) is 0.469. The van der Waals surface area contributed by atoms with Gasteiger partial charge in [0.1, 0.15) is 0 Å². The molecular formula is C32H48EsFS-. The molecule has 0 saturated carbocycles. The van der Waals surface area contributed by atoms with Crippen LogP contribution in [0.5, 0.6) is 0 Å². The summed E-state index contributed by atoms with van der Waals surface area (Å²) in [5, 5.41) is 0. The first-order chi connectivity index (χ1) is 16.4. The summed E-state index contributed by atoms with van der Waals surface area (Å²) in [5.41, 5.74) is 8.40. The van der Waals surface area contributed by atoms with E-state index in [4.69, 9.17) is 0 Å². The Morgan fingerprint density at radius 3 is 2.11 bits per heavy atom. The van der Waals surface area contributed by atoms with Crippen molar-refractivity contribution in [1.82, 2.24) is 0 Å². The first-order valence-corrected chi connectivity index (χ1v) is 13.2. The van der Waals surface area contributed by atoms with Crippen molar-refractivity contribution < 1.29 is 4.39 Å². The Hall–Kier alpha value is -2.80. The van der Waals surface area contributed by atoms with Gasteiger partial charge in [0.25, 0.3) is 0 Å². The summed E-state index contributed by atoms with van der Waals surface area (Å²) < 4.78 is 11.0. The third-order valence-corrected chi connectivity index (χ3v) is 6.28. The van der Waals surface area contributed by atoms with Crippen LogP contribution in [0.4, 0.5) is 4.39 Å². The minimum Gasteiger partial charge on any atom is -0.329 e. The van der Waals surface area contributed by atoms with E-state index in [1.54, 1.807) is 6.42 Å². The molecule has 0 amide bonds. The molecule has 0 nitrogen and oxygen atoms in total. The summed E-state index contributed by atoms with van der Waals surface area (Å²) in [6.07, 6.45) is 10.0. The summed E-state index contributed by atoms with van der Waals surface area (Å²) in [4.78, 5) is 1.06. The zero-order valence-electron chi connectivity index (χ0n) is 22.9. The van der Waals surface area contributed by atoms with Crippen molar-refractivity contribution >= 4 is 18.2 Å². The number of unbranched alkanes of at least 4 members (excludes halogenated alkanes) is 1. The van der Waals surface area contributed by atoms with E-state index in [-0.39, 0.29) is 6.67 Å². The van der Waals surface area contributed by atoms with Gasteiger partial charge in [-0.25, -0.2) is 0 Å². The molecule has 201 valence electrons. The molecule has 0 aliphatic heterocycles. The number of rotatable bonds is 6. The second kappa shape index (κ2) is 20.6. The van der Waals surface area contributed by atoms with Gasteiger partial charge in [-0.2, -0.15) is 13.3 Å². The molecule has 0 fully saturated rings. The maximum Gasteiger partial charge on any atom is 0.0626 e. The van der Waals surface area contributed by atoms with Gasteiger partial charge in [0.2, 0.25) is 0 Å². The quantitative estimate of drug-likeness (QED) is 0.171. The number of benzene rings is 2. The van der Waals surface area contributed by atoms with Crippen molar-refractivity contribution in [2.45, 2.75) is 91.4 Å². The molecule has 1 aliphatic carbocycles. The molecule has 35 heavy (non-hydrogen) atoms. The van der Waals surface area contributed by atoms with Gasteiger partial charge in [-0.3, -0.25) is 4.39 Å². The topological polar surface area (TPSA) is 0 Å². The molecule has 3 rings (SSSR count). The molecule has 2 aromatic carbocycles. The summed E-state index contributed by atoms with van der Waals surface area (Å²) in [7, 11) is 0. The Balaban J connectivity index is 0. The molecule has 0 spiro atoms. The molecule has 3 heteroatoms. The first kappa shape index (κ1) is 34.4. The van der Waals surface area contributed by atoms with E-state index in [1.807, 2.05) is 6.92 Å². The Bertz CT molecular complexity index is 824. The van der Waals surface area contributed by atoms with Crippen LogP contribution in [0.25, 0.3) is 5.57 Å². The SMILES string of the molecule is C=C.CC1=C(c2ccc(C)cc2)c2ccc(S)cc2CCC1.CCCC(C)CC.C[CH-]CCF.[Es]. The molecule has 1 atom stereocenters. The van der Waals surface area contributed by atoms with Crippen LogP contribution in [0.2, 0.25) is 0 Å². The molecule has 1 radical (unpaired) electrons. The monoisotopic (exact) mass is 735 g/mol. The predicted molar refractivity (Wildman–Crippen MR) is 156 cm³/mol. The maximum absolute atomic E-state index is 11.0. The van der Waals surface area contributed by atoms with Crippen LogP contribution < -0.4 is 0 Å². The minimum atomic E-state index is -0.212. The second-order valence-corrected chi connectivity index (χ2v) is 9.42. The fourth-order valence-corrected chi connectivity index (χ4v) is 4.09. The van der Waals surface area contributed by atoms with Gasteiger partial charge in [-0.05, 0) is 73.4 Å². The Labute approximate surface area is 216 Å². The average Bonchev–Trinajstić information content (AvgIpc) is 3.00. The number of halogens is 1. The molecule has 1 unspecified atom stereocenters. The number of fused-ring (bicyclic) bond motifs is 1. The molecule has 0 bridgehead atoms. The fourth-order valence-electron chi connectivity index (χ4n) is 3.86. The molecule has 0 aromatic heterocycles. The summed E-state index contributed by atoms with van der Waals surface area (Å²) in [6.45, 7) is 18.9. The number of allylic oxidation sites excluding steroid dienone is 1.